The number of aromatic nitrogens is 2. The Bertz CT molecular complexity index is 1070. The Morgan fingerprint density at radius 1 is 0.967 bits per heavy atom. The maximum atomic E-state index is 13.1. The van der Waals surface area contributed by atoms with Crippen molar-refractivity contribution >= 4 is 11.6 Å². The second-order valence-electron chi connectivity index (χ2n) is 6.86. The number of methoxy groups -OCH3 is 1. The van der Waals surface area contributed by atoms with E-state index in [0.29, 0.717) is 35.7 Å². The summed E-state index contributed by atoms with van der Waals surface area (Å²) in [5, 5.41) is 0. The first kappa shape index (κ1) is 19.5. The van der Waals surface area contributed by atoms with Gasteiger partial charge in [0.05, 0.1) is 12.7 Å². The molecule has 2 aromatic heterocycles. The summed E-state index contributed by atoms with van der Waals surface area (Å²) < 4.78 is 5.42. The Hall–Kier alpha value is -3.85. The Morgan fingerprint density at radius 3 is 2.47 bits per heavy atom. The molecule has 1 fully saturated rings. The Morgan fingerprint density at radius 2 is 1.77 bits per heavy atom. The zero-order valence-corrected chi connectivity index (χ0v) is 16.8. The van der Waals surface area contributed by atoms with Crippen LogP contribution in [0.3, 0.4) is 0 Å². The minimum absolute atomic E-state index is 0.00733. The lowest BCUT2D eigenvalue weighted by molar-refractivity contribution is 0.0746. The highest BCUT2D eigenvalue weighted by atomic mass is 16.5. The smallest absolute Gasteiger partial charge is 0.254 e. The SMILES string of the molecule is COc1ccc(C(=O)N2CCN(c3ccncc3)CC2)cc1C#Cc1ccccn1. The maximum absolute atomic E-state index is 13.1. The summed E-state index contributed by atoms with van der Waals surface area (Å²) in [5.41, 5.74) is 3.08. The van der Waals surface area contributed by atoms with Crippen molar-refractivity contribution in [2.75, 3.05) is 38.2 Å². The lowest BCUT2D eigenvalue weighted by Gasteiger charge is -2.36. The van der Waals surface area contributed by atoms with Crippen molar-refractivity contribution in [1.29, 1.82) is 0 Å². The molecule has 6 nitrogen and oxygen atoms in total. The van der Waals surface area contributed by atoms with Gasteiger partial charge in [0.2, 0.25) is 0 Å². The first-order valence-electron chi connectivity index (χ1n) is 9.80. The molecule has 0 bridgehead atoms. The Balaban J connectivity index is 1.49. The van der Waals surface area contributed by atoms with Crippen molar-refractivity contribution in [2.24, 2.45) is 0 Å². The van der Waals surface area contributed by atoms with E-state index in [1.807, 2.05) is 35.2 Å². The summed E-state index contributed by atoms with van der Waals surface area (Å²) in [5.74, 6) is 6.76. The molecule has 1 aliphatic rings. The van der Waals surface area contributed by atoms with Crippen molar-refractivity contribution in [2.45, 2.75) is 0 Å². The van der Waals surface area contributed by atoms with E-state index in [0.717, 1.165) is 18.8 Å². The van der Waals surface area contributed by atoms with Gasteiger partial charge in [-0.15, -0.1) is 0 Å². The van der Waals surface area contributed by atoms with Crippen LogP contribution in [0.25, 0.3) is 0 Å². The van der Waals surface area contributed by atoms with E-state index in [1.165, 1.54) is 0 Å². The zero-order chi connectivity index (χ0) is 20.8. The third-order valence-corrected chi connectivity index (χ3v) is 5.03. The summed E-state index contributed by atoms with van der Waals surface area (Å²) in [6.07, 6.45) is 5.28. The lowest BCUT2D eigenvalue weighted by atomic mass is 10.1. The van der Waals surface area contributed by atoms with E-state index in [9.17, 15) is 4.79 Å². The van der Waals surface area contributed by atoms with Gasteiger partial charge in [-0.1, -0.05) is 12.0 Å². The zero-order valence-electron chi connectivity index (χ0n) is 16.8. The molecule has 6 heteroatoms. The number of carbonyl (C=O) groups is 1. The van der Waals surface area contributed by atoms with Crippen LogP contribution in [-0.2, 0) is 0 Å². The van der Waals surface area contributed by atoms with Gasteiger partial charge in [-0.3, -0.25) is 9.78 Å². The molecule has 1 amide bonds. The highest BCUT2D eigenvalue weighted by Gasteiger charge is 2.23. The largest absolute Gasteiger partial charge is 0.495 e. The Labute approximate surface area is 176 Å². The van der Waals surface area contributed by atoms with Gasteiger partial charge in [-0.05, 0) is 48.4 Å². The molecule has 0 unspecified atom stereocenters. The van der Waals surface area contributed by atoms with E-state index < -0.39 is 0 Å². The van der Waals surface area contributed by atoms with Crippen LogP contribution in [-0.4, -0.2) is 54.1 Å². The van der Waals surface area contributed by atoms with Gasteiger partial charge < -0.3 is 14.5 Å². The number of ether oxygens (including phenoxy) is 1. The normalized spacial score (nSPS) is 13.4. The monoisotopic (exact) mass is 398 g/mol. The summed E-state index contributed by atoms with van der Waals surface area (Å²) in [6, 6.07) is 15.0. The van der Waals surface area contributed by atoms with Gasteiger partial charge in [0, 0.05) is 56.0 Å². The minimum Gasteiger partial charge on any atom is -0.495 e. The number of rotatable bonds is 3. The minimum atomic E-state index is 0.00733. The lowest BCUT2D eigenvalue weighted by Crippen LogP contribution is -2.48. The van der Waals surface area contributed by atoms with Gasteiger partial charge in [0.15, 0.2) is 0 Å². The molecule has 30 heavy (non-hydrogen) atoms. The van der Waals surface area contributed by atoms with Crippen molar-refractivity contribution in [3.05, 3.63) is 83.9 Å². The number of benzene rings is 1. The van der Waals surface area contributed by atoms with Crippen LogP contribution in [0.15, 0.2) is 67.1 Å². The molecule has 150 valence electrons. The molecule has 4 rings (SSSR count). The molecular formula is C24H22N4O2. The first-order valence-corrected chi connectivity index (χ1v) is 9.80. The maximum Gasteiger partial charge on any atom is 0.254 e. The molecule has 0 spiro atoms. The topological polar surface area (TPSA) is 58.6 Å². The van der Waals surface area contributed by atoms with Crippen LogP contribution in [0.1, 0.15) is 21.6 Å². The summed E-state index contributed by atoms with van der Waals surface area (Å²) in [7, 11) is 1.60. The van der Waals surface area contributed by atoms with Crippen LogP contribution < -0.4 is 9.64 Å². The average Bonchev–Trinajstić information content (AvgIpc) is 2.83. The molecule has 0 saturated carbocycles. The van der Waals surface area contributed by atoms with Gasteiger partial charge in [-0.25, -0.2) is 4.98 Å². The standard InChI is InChI=1S/C24H22N4O2/c1-30-23-8-6-20(18-19(23)5-7-21-4-2-3-11-26-21)24(29)28-16-14-27(15-17-28)22-9-12-25-13-10-22/h2-4,6,8-13,18H,14-17H2,1H3. The summed E-state index contributed by atoms with van der Waals surface area (Å²) in [4.78, 5) is 25.5. The number of amides is 1. The molecule has 0 atom stereocenters. The highest BCUT2D eigenvalue weighted by molar-refractivity contribution is 5.95. The van der Waals surface area contributed by atoms with E-state index in [2.05, 4.69) is 26.7 Å². The van der Waals surface area contributed by atoms with E-state index >= 15 is 0 Å². The van der Waals surface area contributed by atoms with Crippen LogP contribution >= 0.6 is 0 Å². The molecule has 3 aromatic rings. The van der Waals surface area contributed by atoms with E-state index in [4.69, 9.17) is 4.74 Å². The molecular weight excluding hydrogens is 376 g/mol. The van der Waals surface area contributed by atoms with E-state index in [-0.39, 0.29) is 5.91 Å². The van der Waals surface area contributed by atoms with Gasteiger partial charge in [0.1, 0.15) is 11.4 Å². The number of nitrogens with zero attached hydrogens (tertiary/aromatic N) is 4. The molecule has 0 N–H and O–H groups in total. The molecule has 3 heterocycles. The molecule has 1 saturated heterocycles. The number of piperazine rings is 1. The fraction of sp³-hybridized carbons (Fsp3) is 0.208. The Kier molecular flexibility index (Phi) is 5.90. The second-order valence-corrected chi connectivity index (χ2v) is 6.86. The number of carbonyl (C=O) groups excluding carboxylic acids is 1. The molecule has 0 aliphatic carbocycles. The van der Waals surface area contributed by atoms with Crippen LogP contribution in [0, 0.1) is 11.8 Å². The van der Waals surface area contributed by atoms with Crippen LogP contribution in [0.4, 0.5) is 5.69 Å². The predicted octanol–water partition coefficient (Wildman–Crippen LogP) is 2.85. The average molecular weight is 398 g/mol. The summed E-state index contributed by atoms with van der Waals surface area (Å²) >= 11 is 0. The number of hydrogen-bond acceptors (Lipinski definition) is 5. The third kappa shape index (κ3) is 4.41. The van der Waals surface area contributed by atoms with Crippen molar-refractivity contribution in [3.63, 3.8) is 0 Å². The molecule has 1 aromatic carbocycles. The van der Waals surface area contributed by atoms with Crippen molar-refractivity contribution < 1.29 is 9.53 Å². The number of pyridine rings is 2. The van der Waals surface area contributed by atoms with Crippen LogP contribution in [0.5, 0.6) is 5.75 Å². The third-order valence-electron chi connectivity index (χ3n) is 5.03. The van der Waals surface area contributed by atoms with Gasteiger partial charge in [-0.2, -0.15) is 0 Å². The van der Waals surface area contributed by atoms with Crippen molar-refractivity contribution in [3.8, 4) is 17.6 Å². The fourth-order valence-corrected chi connectivity index (χ4v) is 3.41. The van der Waals surface area contributed by atoms with Gasteiger partial charge >= 0.3 is 0 Å². The highest BCUT2D eigenvalue weighted by Crippen LogP contribution is 2.21. The van der Waals surface area contributed by atoms with E-state index in [1.54, 1.807) is 43.9 Å². The number of hydrogen-bond donors (Lipinski definition) is 0. The van der Waals surface area contributed by atoms with Crippen molar-refractivity contribution in [1.82, 2.24) is 14.9 Å². The molecule has 1 aliphatic heterocycles. The number of anilines is 1. The van der Waals surface area contributed by atoms with Gasteiger partial charge in [0.25, 0.3) is 5.91 Å². The first-order chi connectivity index (χ1) is 14.7. The van der Waals surface area contributed by atoms with Crippen LogP contribution in [0.2, 0.25) is 0 Å². The summed E-state index contributed by atoms with van der Waals surface area (Å²) in [6.45, 7) is 2.92. The second kappa shape index (κ2) is 9.10. The fourth-order valence-electron chi connectivity index (χ4n) is 3.41. The predicted molar refractivity (Wildman–Crippen MR) is 116 cm³/mol. The molecule has 0 radical (unpaired) electrons. The quantitative estimate of drug-likeness (QED) is 0.635.